The van der Waals surface area contributed by atoms with Gasteiger partial charge in [-0.15, -0.1) is 0 Å². The molecule has 2 heterocycles. The molecular formula is C12H20N4O2. The van der Waals surface area contributed by atoms with Gasteiger partial charge in [-0.3, -0.25) is 4.79 Å². The van der Waals surface area contributed by atoms with Crippen LogP contribution in [0, 0.1) is 0 Å². The summed E-state index contributed by atoms with van der Waals surface area (Å²) in [5, 5.41) is 7.19. The Labute approximate surface area is 107 Å². The quantitative estimate of drug-likeness (QED) is 0.862. The van der Waals surface area contributed by atoms with Crippen molar-refractivity contribution in [1.29, 1.82) is 0 Å². The molecule has 1 aromatic heterocycles. The predicted molar refractivity (Wildman–Crippen MR) is 65.9 cm³/mol. The number of hydrogen-bond acceptors (Lipinski definition) is 5. The van der Waals surface area contributed by atoms with Crippen LogP contribution >= 0.6 is 0 Å². The molecule has 1 atom stereocenters. The Balaban J connectivity index is 2.05. The van der Waals surface area contributed by atoms with E-state index in [1.54, 1.807) is 6.92 Å². The Morgan fingerprint density at radius 2 is 2.39 bits per heavy atom. The van der Waals surface area contributed by atoms with Crippen molar-refractivity contribution in [2.24, 2.45) is 0 Å². The Morgan fingerprint density at radius 1 is 1.61 bits per heavy atom. The van der Waals surface area contributed by atoms with E-state index in [-0.39, 0.29) is 17.9 Å². The third-order valence-corrected chi connectivity index (χ3v) is 3.17. The van der Waals surface area contributed by atoms with Crippen LogP contribution in [-0.2, 0) is 11.3 Å². The van der Waals surface area contributed by atoms with Crippen LogP contribution in [0.25, 0.3) is 0 Å². The number of hydrogen-bond donors (Lipinski definition) is 1. The first kappa shape index (κ1) is 13.0. The molecule has 0 radical (unpaired) electrons. The van der Waals surface area contributed by atoms with E-state index in [0.717, 1.165) is 19.5 Å². The average molecular weight is 252 g/mol. The molecular weight excluding hydrogens is 232 g/mol. The summed E-state index contributed by atoms with van der Waals surface area (Å²) in [7, 11) is 0. The third-order valence-electron chi connectivity index (χ3n) is 3.17. The maximum Gasteiger partial charge on any atom is 0.229 e. The zero-order chi connectivity index (χ0) is 13.1. The van der Waals surface area contributed by atoms with Gasteiger partial charge in [0.25, 0.3) is 0 Å². The molecule has 6 heteroatoms. The molecule has 1 saturated heterocycles. The Hall–Kier alpha value is -1.43. The fraction of sp³-hybridized carbons (Fsp3) is 0.750. The molecule has 0 aliphatic carbocycles. The molecule has 0 saturated carbocycles. The van der Waals surface area contributed by atoms with Crippen molar-refractivity contribution in [3.8, 4) is 0 Å². The normalized spacial score (nSPS) is 19.4. The highest BCUT2D eigenvalue weighted by Crippen LogP contribution is 2.15. The highest BCUT2D eigenvalue weighted by molar-refractivity contribution is 5.73. The molecule has 0 unspecified atom stereocenters. The lowest BCUT2D eigenvalue weighted by atomic mass is 10.2. The van der Waals surface area contributed by atoms with Gasteiger partial charge in [-0.05, 0) is 13.0 Å². The Bertz CT molecular complexity index is 410. The molecule has 6 nitrogen and oxygen atoms in total. The topological polar surface area (TPSA) is 71.3 Å². The molecule has 0 spiro atoms. The summed E-state index contributed by atoms with van der Waals surface area (Å²) in [5.74, 6) is 1.48. The summed E-state index contributed by atoms with van der Waals surface area (Å²) in [4.78, 5) is 17.8. The molecule has 0 bridgehead atoms. The maximum atomic E-state index is 11.7. The number of nitrogens with zero attached hydrogens (tertiary/aromatic N) is 3. The van der Waals surface area contributed by atoms with Gasteiger partial charge in [0.15, 0.2) is 5.82 Å². The number of amides is 1. The number of rotatable bonds is 4. The van der Waals surface area contributed by atoms with Gasteiger partial charge >= 0.3 is 0 Å². The van der Waals surface area contributed by atoms with E-state index < -0.39 is 0 Å². The molecule has 1 amide bonds. The van der Waals surface area contributed by atoms with E-state index in [4.69, 9.17) is 4.52 Å². The second-order valence-corrected chi connectivity index (χ2v) is 5.00. The summed E-state index contributed by atoms with van der Waals surface area (Å²) in [5.41, 5.74) is 0. The number of nitrogens with one attached hydrogen (secondary N) is 1. The first-order valence-electron chi connectivity index (χ1n) is 6.38. The first-order valence-corrected chi connectivity index (χ1v) is 6.38. The minimum Gasteiger partial charge on any atom is -0.339 e. The zero-order valence-electron chi connectivity index (χ0n) is 11.1. The van der Waals surface area contributed by atoms with Gasteiger partial charge < -0.3 is 14.7 Å². The van der Waals surface area contributed by atoms with Crippen LogP contribution in [0.15, 0.2) is 4.52 Å². The van der Waals surface area contributed by atoms with Crippen molar-refractivity contribution >= 4 is 5.91 Å². The standard InChI is InChI=1S/C12H20N4O2/c1-8(2)12-14-11(15-18-12)7-16(9(3)17)10-4-5-13-6-10/h8,10,13H,4-7H2,1-3H3/t10-/m1/s1. The van der Waals surface area contributed by atoms with Crippen molar-refractivity contribution in [3.05, 3.63) is 11.7 Å². The van der Waals surface area contributed by atoms with Crippen LogP contribution in [0.2, 0.25) is 0 Å². The highest BCUT2D eigenvalue weighted by Gasteiger charge is 2.26. The van der Waals surface area contributed by atoms with E-state index in [0.29, 0.717) is 18.3 Å². The van der Waals surface area contributed by atoms with Crippen molar-refractivity contribution in [1.82, 2.24) is 20.4 Å². The summed E-state index contributed by atoms with van der Waals surface area (Å²) in [6.45, 7) is 7.81. The maximum absolute atomic E-state index is 11.7. The summed E-state index contributed by atoms with van der Waals surface area (Å²) in [6, 6.07) is 0.239. The smallest absolute Gasteiger partial charge is 0.229 e. The molecule has 1 aliphatic heterocycles. The van der Waals surface area contributed by atoms with Crippen molar-refractivity contribution < 1.29 is 9.32 Å². The van der Waals surface area contributed by atoms with E-state index in [1.807, 2.05) is 18.7 Å². The zero-order valence-corrected chi connectivity index (χ0v) is 11.1. The van der Waals surface area contributed by atoms with E-state index in [1.165, 1.54) is 0 Å². The van der Waals surface area contributed by atoms with Gasteiger partial charge in [0, 0.05) is 25.4 Å². The molecule has 1 N–H and O–H groups in total. The van der Waals surface area contributed by atoms with Crippen molar-refractivity contribution in [2.45, 2.75) is 45.7 Å². The van der Waals surface area contributed by atoms with E-state index in [9.17, 15) is 4.79 Å². The van der Waals surface area contributed by atoms with Crippen LogP contribution in [0.3, 0.4) is 0 Å². The average Bonchev–Trinajstić information content (AvgIpc) is 2.96. The lowest BCUT2D eigenvalue weighted by molar-refractivity contribution is -0.131. The number of carbonyl (C=O) groups excluding carboxylic acids is 1. The van der Waals surface area contributed by atoms with Crippen LogP contribution in [0.5, 0.6) is 0 Å². The van der Waals surface area contributed by atoms with Gasteiger partial charge in [0.1, 0.15) is 0 Å². The molecule has 2 rings (SSSR count). The van der Waals surface area contributed by atoms with Crippen LogP contribution < -0.4 is 5.32 Å². The second-order valence-electron chi connectivity index (χ2n) is 5.00. The largest absolute Gasteiger partial charge is 0.339 e. The predicted octanol–water partition coefficient (Wildman–Crippen LogP) is 0.903. The van der Waals surface area contributed by atoms with Crippen LogP contribution in [0.4, 0.5) is 0 Å². The Kier molecular flexibility index (Phi) is 3.96. The van der Waals surface area contributed by atoms with E-state index in [2.05, 4.69) is 15.5 Å². The van der Waals surface area contributed by atoms with Crippen LogP contribution in [0.1, 0.15) is 44.8 Å². The van der Waals surface area contributed by atoms with E-state index >= 15 is 0 Å². The summed E-state index contributed by atoms with van der Waals surface area (Å²) < 4.78 is 5.15. The monoisotopic (exact) mass is 252 g/mol. The lowest BCUT2D eigenvalue weighted by Crippen LogP contribution is -2.39. The van der Waals surface area contributed by atoms with Crippen molar-refractivity contribution in [2.75, 3.05) is 13.1 Å². The van der Waals surface area contributed by atoms with Gasteiger partial charge in [0.2, 0.25) is 11.8 Å². The van der Waals surface area contributed by atoms with Crippen LogP contribution in [-0.4, -0.2) is 40.1 Å². The molecule has 1 aliphatic rings. The van der Waals surface area contributed by atoms with Gasteiger partial charge in [-0.1, -0.05) is 19.0 Å². The molecule has 0 aromatic carbocycles. The van der Waals surface area contributed by atoms with Crippen molar-refractivity contribution in [3.63, 3.8) is 0 Å². The number of carbonyl (C=O) groups is 1. The SMILES string of the molecule is CC(=O)N(Cc1noc(C(C)C)n1)[C@@H]1CCNC1. The molecule has 1 aromatic rings. The van der Waals surface area contributed by atoms with Gasteiger partial charge in [-0.25, -0.2) is 0 Å². The highest BCUT2D eigenvalue weighted by atomic mass is 16.5. The molecule has 1 fully saturated rings. The third kappa shape index (κ3) is 2.87. The minimum absolute atomic E-state index is 0.0552. The van der Waals surface area contributed by atoms with Gasteiger partial charge in [0.05, 0.1) is 6.54 Å². The lowest BCUT2D eigenvalue weighted by Gasteiger charge is -2.25. The minimum atomic E-state index is 0.0552. The first-order chi connectivity index (χ1) is 8.58. The molecule has 18 heavy (non-hydrogen) atoms. The number of aromatic nitrogens is 2. The summed E-state index contributed by atoms with van der Waals surface area (Å²) >= 11 is 0. The summed E-state index contributed by atoms with van der Waals surface area (Å²) in [6.07, 6.45) is 0.981. The second kappa shape index (κ2) is 5.48. The Morgan fingerprint density at radius 3 is 2.89 bits per heavy atom. The fourth-order valence-corrected chi connectivity index (χ4v) is 2.12. The fourth-order valence-electron chi connectivity index (χ4n) is 2.12. The molecule has 100 valence electrons. The van der Waals surface area contributed by atoms with Gasteiger partial charge in [-0.2, -0.15) is 4.98 Å².